The smallest absolute Gasteiger partial charge is 0.0725 e. The molecule has 0 unspecified atom stereocenters. The third kappa shape index (κ3) is 7.46. The molecule has 2 aliphatic carbocycles. The van der Waals surface area contributed by atoms with E-state index in [1.807, 2.05) is 0 Å². The standard InChI is InChI=1S/C88H60N4/c1-87(2)77-31-13-16-34-81(77)90(82-35-17-14-32-78(82)87)65-49-51-80-72(56-65)70-27-9-15-33-79(70)92(80)66-53-61(57-22-4-3-5-23-57)52-62(54-66)60-42-40-58(41-43-60)59-44-46-63(47-45-59)89-83-36-18-20-38-85(83)91(86-39-21-19-37-84(86)89)64-48-50-76-71(55-64)69-26-8-12-30-75(69)88(76)73-28-10-6-24-67(73)68-25-7-11-29-74(68)88/h3-56H,1-2H3. The number of fused-ring (bicyclic) bond motifs is 17. The van der Waals surface area contributed by atoms with E-state index in [0.717, 1.165) is 67.8 Å². The van der Waals surface area contributed by atoms with Crippen molar-refractivity contribution in [1.29, 1.82) is 0 Å². The zero-order valence-electron chi connectivity index (χ0n) is 51.0. The van der Waals surface area contributed by atoms with Crippen LogP contribution >= 0.6 is 0 Å². The van der Waals surface area contributed by atoms with Crippen molar-refractivity contribution in [3.05, 3.63) is 361 Å². The number of para-hydroxylation sites is 7. The Balaban J connectivity index is 0.663. The Bertz CT molecular complexity index is 5380. The van der Waals surface area contributed by atoms with E-state index in [2.05, 4.69) is 361 Å². The second-order valence-electron chi connectivity index (χ2n) is 25.6. The number of hydrogen-bond donors (Lipinski definition) is 0. The van der Waals surface area contributed by atoms with Gasteiger partial charge in [0.25, 0.3) is 0 Å². The van der Waals surface area contributed by atoms with Crippen LogP contribution in [-0.2, 0) is 10.8 Å². The lowest BCUT2D eigenvalue weighted by molar-refractivity contribution is 0.632. The van der Waals surface area contributed by atoms with E-state index < -0.39 is 5.41 Å². The van der Waals surface area contributed by atoms with Gasteiger partial charge in [-0.25, -0.2) is 0 Å². The fourth-order valence-electron chi connectivity index (χ4n) is 16.4. The van der Waals surface area contributed by atoms with Gasteiger partial charge >= 0.3 is 0 Å². The minimum absolute atomic E-state index is 0.137. The van der Waals surface area contributed by atoms with Gasteiger partial charge in [-0.1, -0.05) is 238 Å². The van der Waals surface area contributed by atoms with Gasteiger partial charge in [0, 0.05) is 38.9 Å². The molecule has 15 aromatic rings. The molecule has 1 spiro atoms. The molecule has 19 rings (SSSR count). The lowest BCUT2D eigenvalue weighted by Gasteiger charge is -2.42. The fourth-order valence-corrected chi connectivity index (χ4v) is 16.4. The Kier molecular flexibility index (Phi) is 11.3. The zero-order valence-corrected chi connectivity index (χ0v) is 51.0. The SMILES string of the molecule is CC1(C)c2ccccc2N(c2ccc3c(c2)c2ccccc2n3-c2cc(-c3ccccc3)cc(-c3ccc(-c4ccc(N5c6ccccc6N(c6ccc7c(c6)-c6ccccc6C76c7ccccc7-c7ccccc76)c6ccccc65)cc4)cc3)c2)c2ccccc21. The number of anilines is 9. The van der Waals surface area contributed by atoms with Crippen molar-refractivity contribution in [3.63, 3.8) is 0 Å². The molecule has 0 fully saturated rings. The second kappa shape index (κ2) is 19.9. The summed E-state index contributed by atoms with van der Waals surface area (Å²) in [5.41, 5.74) is 33.5. The van der Waals surface area contributed by atoms with Gasteiger partial charge in [0.15, 0.2) is 0 Å². The predicted molar refractivity (Wildman–Crippen MR) is 383 cm³/mol. The Labute approximate surface area is 536 Å². The third-order valence-electron chi connectivity index (χ3n) is 20.5. The van der Waals surface area contributed by atoms with Crippen molar-refractivity contribution in [2.75, 3.05) is 14.7 Å². The van der Waals surface area contributed by atoms with E-state index in [0.29, 0.717) is 0 Å². The highest BCUT2D eigenvalue weighted by Gasteiger charge is 2.52. The lowest BCUT2D eigenvalue weighted by Crippen LogP contribution is -2.30. The van der Waals surface area contributed by atoms with Gasteiger partial charge in [0.2, 0.25) is 0 Å². The predicted octanol–water partition coefficient (Wildman–Crippen LogP) is 23.5. The van der Waals surface area contributed by atoms with Crippen LogP contribution in [0.1, 0.15) is 47.2 Å². The van der Waals surface area contributed by atoms with Crippen molar-refractivity contribution in [2.45, 2.75) is 24.7 Å². The number of rotatable bonds is 7. The largest absolute Gasteiger partial charge is 0.310 e. The first-order valence-electron chi connectivity index (χ1n) is 32.1. The molecule has 1 aromatic heterocycles. The molecule has 0 atom stereocenters. The summed E-state index contributed by atoms with van der Waals surface area (Å²) in [4.78, 5) is 7.36. The third-order valence-corrected chi connectivity index (χ3v) is 20.5. The van der Waals surface area contributed by atoms with Crippen LogP contribution in [0.5, 0.6) is 0 Å². The highest BCUT2D eigenvalue weighted by Crippen LogP contribution is 2.64. The molecule has 0 N–H and O–H groups in total. The van der Waals surface area contributed by atoms with Crippen LogP contribution in [0.25, 0.3) is 83.1 Å². The summed E-state index contributed by atoms with van der Waals surface area (Å²) >= 11 is 0. The summed E-state index contributed by atoms with van der Waals surface area (Å²) in [5.74, 6) is 0. The quantitative estimate of drug-likeness (QED) is 0.158. The molecule has 4 aliphatic rings. The van der Waals surface area contributed by atoms with Crippen LogP contribution in [0.3, 0.4) is 0 Å². The molecule has 4 nitrogen and oxygen atoms in total. The van der Waals surface area contributed by atoms with Crippen LogP contribution in [-0.4, -0.2) is 4.57 Å². The van der Waals surface area contributed by atoms with Gasteiger partial charge < -0.3 is 19.3 Å². The monoisotopic (exact) mass is 1170 g/mol. The molecule has 4 heteroatoms. The van der Waals surface area contributed by atoms with Gasteiger partial charge in [0.05, 0.1) is 50.6 Å². The van der Waals surface area contributed by atoms with Crippen LogP contribution in [0, 0.1) is 0 Å². The number of nitrogens with zero attached hydrogens (tertiary/aromatic N) is 4. The van der Waals surface area contributed by atoms with Gasteiger partial charge in [-0.15, -0.1) is 0 Å². The average Bonchev–Trinajstić information content (AvgIpc) is 1.50. The van der Waals surface area contributed by atoms with E-state index in [-0.39, 0.29) is 5.41 Å². The maximum Gasteiger partial charge on any atom is 0.0725 e. The molecule has 14 aromatic carbocycles. The summed E-state index contributed by atoms with van der Waals surface area (Å²) in [6, 6.07) is 122. The molecule has 0 amide bonds. The van der Waals surface area contributed by atoms with E-state index in [9.17, 15) is 0 Å². The van der Waals surface area contributed by atoms with E-state index in [4.69, 9.17) is 0 Å². The normalized spacial score (nSPS) is 14.1. The maximum atomic E-state index is 2.47. The Morgan fingerprint density at radius 3 is 1.15 bits per heavy atom. The highest BCUT2D eigenvalue weighted by atomic mass is 15.3. The molecule has 0 saturated heterocycles. The zero-order chi connectivity index (χ0) is 60.8. The van der Waals surface area contributed by atoms with Gasteiger partial charge in [0.1, 0.15) is 0 Å². The Morgan fingerprint density at radius 1 is 0.217 bits per heavy atom. The van der Waals surface area contributed by atoms with Crippen molar-refractivity contribution in [3.8, 4) is 61.3 Å². The molecule has 92 heavy (non-hydrogen) atoms. The van der Waals surface area contributed by atoms with E-state index in [1.165, 1.54) is 99.9 Å². The summed E-state index contributed by atoms with van der Waals surface area (Å²) < 4.78 is 2.47. The number of hydrogen-bond acceptors (Lipinski definition) is 3. The molecule has 432 valence electrons. The minimum Gasteiger partial charge on any atom is -0.310 e. The van der Waals surface area contributed by atoms with Crippen LogP contribution < -0.4 is 14.7 Å². The van der Waals surface area contributed by atoms with Crippen molar-refractivity contribution < 1.29 is 0 Å². The topological polar surface area (TPSA) is 14.7 Å². The molecular formula is C88H60N4. The fraction of sp³-hybridized carbons (Fsp3) is 0.0455. The molecular weight excluding hydrogens is 1110 g/mol. The van der Waals surface area contributed by atoms with Crippen LogP contribution in [0.15, 0.2) is 328 Å². The molecule has 0 bridgehead atoms. The highest BCUT2D eigenvalue weighted by molar-refractivity contribution is 6.11. The summed E-state index contributed by atoms with van der Waals surface area (Å²) in [5, 5.41) is 2.44. The van der Waals surface area contributed by atoms with Gasteiger partial charge in [-0.3, -0.25) is 0 Å². The first-order chi connectivity index (χ1) is 45.4. The molecule has 2 aliphatic heterocycles. The number of benzene rings is 14. The van der Waals surface area contributed by atoms with E-state index >= 15 is 0 Å². The first kappa shape index (κ1) is 52.2. The molecule has 0 radical (unpaired) electrons. The maximum absolute atomic E-state index is 2.47. The minimum atomic E-state index is -0.392. The first-order valence-corrected chi connectivity index (χ1v) is 32.1. The molecule has 3 heterocycles. The second-order valence-corrected chi connectivity index (χ2v) is 25.6. The average molecular weight is 1170 g/mol. The van der Waals surface area contributed by atoms with Crippen molar-refractivity contribution in [1.82, 2.24) is 4.57 Å². The Hall–Kier alpha value is -11.7. The summed E-state index contributed by atoms with van der Waals surface area (Å²) in [7, 11) is 0. The summed E-state index contributed by atoms with van der Waals surface area (Å²) in [6.07, 6.45) is 0. The Morgan fingerprint density at radius 2 is 0.587 bits per heavy atom. The van der Waals surface area contributed by atoms with Crippen molar-refractivity contribution >= 4 is 73.0 Å². The summed E-state index contributed by atoms with van der Waals surface area (Å²) in [6.45, 7) is 4.70. The van der Waals surface area contributed by atoms with Gasteiger partial charge in [-0.05, 0) is 192 Å². The van der Waals surface area contributed by atoms with Crippen LogP contribution in [0.2, 0.25) is 0 Å². The number of aromatic nitrogens is 1. The van der Waals surface area contributed by atoms with Crippen molar-refractivity contribution in [2.24, 2.45) is 0 Å². The van der Waals surface area contributed by atoms with E-state index in [1.54, 1.807) is 0 Å². The van der Waals surface area contributed by atoms with Gasteiger partial charge in [-0.2, -0.15) is 0 Å². The lowest BCUT2D eigenvalue weighted by atomic mass is 9.70. The molecule has 0 saturated carbocycles. The van der Waals surface area contributed by atoms with Crippen LogP contribution in [0.4, 0.5) is 51.2 Å².